The number of rotatable bonds is 8. The zero-order chi connectivity index (χ0) is 24.9. The fraction of sp³-hybridized carbons (Fsp3) is 0.120. The van der Waals surface area contributed by atoms with Gasteiger partial charge in [0, 0.05) is 12.1 Å². The van der Waals surface area contributed by atoms with Gasteiger partial charge in [-0.1, -0.05) is 54.3 Å². The van der Waals surface area contributed by atoms with Crippen molar-refractivity contribution in [2.45, 2.75) is 13.5 Å². The van der Waals surface area contributed by atoms with Gasteiger partial charge in [0.2, 0.25) is 0 Å². The monoisotopic (exact) mass is 618 g/mol. The predicted molar refractivity (Wildman–Crippen MR) is 150 cm³/mol. The number of carbonyl (C=O) groups is 1. The number of nitro groups is 1. The first-order chi connectivity index (χ1) is 16.9. The van der Waals surface area contributed by atoms with Gasteiger partial charge in [0.25, 0.3) is 11.6 Å². The standard InChI is InChI=1S/C25H19IN2O5S2/c1-2-32-21-13-17(14-22-24(29)27(25(34)35-22)18-8-4-3-5-9-18)12-20(26)23(21)33-15-16-7-6-10-19(11-16)28(30)31/h3-14H,2,15H2,1H3/b22-14+. The molecule has 3 aromatic rings. The average molecular weight is 618 g/mol. The Bertz CT molecular complexity index is 1330. The van der Waals surface area contributed by atoms with Crippen LogP contribution in [0.25, 0.3) is 6.08 Å². The Morgan fingerprint density at radius 1 is 1.11 bits per heavy atom. The van der Waals surface area contributed by atoms with Crippen LogP contribution >= 0.6 is 46.6 Å². The maximum atomic E-state index is 13.1. The van der Waals surface area contributed by atoms with E-state index in [9.17, 15) is 14.9 Å². The highest BCUT2D eigenvalue weighted by Gasteiger charge is 2.33. The molecular formula is C25H19IN2O5S2. The minimum Gasteiger partial charge on any atom is -0.490 e. The van der Waals surface area contributed by atoms with Gasteiger partial charge >= 0.3 is 0 Å². The number of para-hydroxylation sites is 1. The highest BCUT2D eigenvalue weighted by atomic mass is 127. The van der Waals surface area contributed by atoms with E-state index in [2.05, 4.69) is 22.6 Å². The molecule has 178 valence electrons. The molecule has 0 bridgehead atoms. The lowest BCUT2D eigenvalue weighted by Crippen LogP contribution is -2.27. The smallest absolute Gasteiger partial charge is 0.270 e. The molecule has 0 spiro atoms. The van der Waals surface area contributed by atoms with Gasteiger partial charge < -0.3 is 9.47 Å². The number of nitro benzene ring substituents is 1. The second-order valence-electron chi connectivity index (χ2n) is 7.33. The first-order valence-corrected chi connectivity index (χ1v) is 12.8. The molecule has 3 aromatic carbocycles. The normalized spacial score (nSPS) is 14.5. The van der Waals surface area contributed by atoms with Crippen LogP contribution in [0.5, 0.6) is 11.5 Å². The summed E-state index contributed by atoms with van der Waals surface area (Å²) in [6.07, 6.45) is 1.79. The summed E-state index contributed by atoms with van der Waals surface area (Å²) in [4.78, 5) is 25.7. The topological polar surface area (TPSA) is 81.9 Å². The largest absolute Gasteiger partial charge is 0.490 e. The molecule has 0 saturated carbocycles. The second kappa shape index (κ2) is 11.2. The summed E-state index contributed by atoms with van der Waals surface area (Å²) in [6, 6.07) is 19.3. The van der Waals surface area contributed by atoms with Crippen LogP contribution in [-0.4, -0.2) is 21.8 Å². The Balaban J connectivity index is 1.59. The zero-order valence-corrected chi connectivity index (χ0v) is 22.3. The lowest BCUT2D eigenvalue weighted by atomic mass is 10.1. The minimum absolute atomic E-state index is 0.00833. The number of halogens is 1. The number of thiocarbonyl (C=S) groups is 1. The highest BCUT2D eigenvalue weighted by Crippen LogP contribution is 2.39. The number of nitrogens with zero attached hydrogens (tertiary/aromatic N) is 2. The van der Waals surface area contributed by atoms with E-state index in [-0.39, 0.29) is 18.2 Å². The van der Waals surface area contributed by atoms with E-state index in [0.29, 0.717) is 32.9 Å². The van der Waals surface area contributed by atoms with E-state index in [0.717, 1.165) is 14.8 Å². The molecule has 35 heavy (non-hydrogen) atoms. The summed E-state index contributed by atoms with van der Waals surface area (Å²) in [6.45, 7) is 2.44. The SMILES string of the molecule is CCOc1cc(/C=C2/SC(=S)N(c3ccccc3)C2=O)cc(I)c1OCc1cccc([N+](=O)[O-])c1. The Hall–Kier alpha value is -2.96. The minimum atomic E-state index is -0.436. The Labute approximate surface area is 225 Å². The molecule has 1 amide bonds. The molecule has 4 rings (SSSR count). The van der Waals surface area contributed by atoms with Crippen molar-refractivity contribution < 1.29 is 19.2 Å². The van der Waals surface area contributed by atoms with E-state index in [1.165, 1.54) is 28.8 Å². The molecule has 0 N–H and O–H groups in total. The number of amides is 1. The third-order valence-corrected chi connectivity index (χ3v) is 7.05. The fourth-order valence-electron chi connectivity index (χ4n) is 3.41. The Morgan fingerprint density at radius 2 is 1.89 bits per heavy atom. The molecule has 1 heterocycles. The van der Waals surface area contributed by atoms with E-state index >= 15 is 0 Å². The quantitative estimate of drug-likeness (QED) is 0.0928. The number of thioether (sulfide) groups is 1. The number of hydrogen-bond acceptors (Lipinski definition) is 7. The van der Waals surface area contributed by atoms with Crippen LogP contribution in [0.15, 0.2) is 71.6 Å². The van der Waals surface area contributed by atoms with Crippen molar-refractivity contribution in [2.24, 2.45) is 0 Å². The van der Waals surface area contributed by atoms with E-state index in [1.54, 1.807) is 18.2 Å². The summed E-state index contributed by atoms with van der Waals surface area (Å²) in [5, 5.41) is 11.0. The molecule has 0 aliphatic carbocycles. The zero-order valence-electron chi connectivity index (χ0n) is 18.5. The molecule has 7 nitrogen and oxygen atoms in total. The van der Waals surface area contributed by atoms with Crippen LogP contribution in [0.3, 0.4) is 0 Å². The summed E-state index contributed by atoms with van der Waals surface area (Å²) in [7, 11) is 0. The third-order valence-electron chi connectivity index (χ3n) is 4.94. The molecule has 1 aliphatic rings. The number of anilines is 1. The van der Waals surface area contributed by atoms with Crippen molar-refractivity contribution in [1.82, 2.24) is 0 Å². The molecule has 0 atom stereocenters. The van der Waals surface area contributed by atoms with Gasteiger partial charge in [-0.05, 0) is 71.0 Å². The van der Waals surface area contributed by atoms with Crippen molar-refractivity contribution in [3.63, 3.8) is 0 Å². The Morgan fingerprint density at radius 3 is 2.60 bits per heavy atom. The molecular weight excluding hydrogens is 599 g/mol. The lowest BCUT2D eigenvalue weighted by molar-refractivity contribution is -0.384. The average Bonchev–Trinajstić information content (AvgIpc) is 3.12. The van der Waals surface area contributed by atoms with Gasteiger partial charge in [-0.25, -0.2) is 0 Å². The number of benzene rings is 3. The van der Waals surface area contributed by atoms with Gasteiger partial charge in [0.15, 0.2) is 15.8 Å². The van der Waals surface area contributed by atoms with Crippen molar-refractivity contribution >= 4 is 74.2 Å². The third kappa shape index (κ3) is 5.82. The van der Waals surface area contributed by atoms with Crippen LogP contribution in [0.1, 0.15) is 18.1 Å². The molecule has 1 aliphatic heterocycles. The second-order valence-corrected chi connectivity index (χ2v) is 10.2. The van der Waals surface area contributed by atoms with Gasteiger partial charge in [0.05, 0.1) is 25.7 Å². The molecule has 0 radical (unpaired) electrons. The highest BCUT2D eigenvalue weighted by molar-refractivity contribution is 14.1. The van der Waals surface area contributed by atoms with E-state index in [4.69, 9.17) is 21.7 Å². The summed E-state index contributed by atoms with van der Waals surface area (Å²) >= 11 is 8.85. The molecule has 0 unspecified atom stereocenters. The molecule has 0 aromatic heterocycles. The summed E-state index contributed by atoms with van der Waals surface area (Å²) in [5.74, 6) is 0.882. The van der Waals surface area contributed by atoms with Crippen molar-refractivity contribution in [3.8, 4) is 11.5 Å². The van der Waals surface area contributed by atoms with Gasteiger partial charge in [-0.3, -0.25) is 19.8 Å². The van der Waals surface area contributed by atoms with Crippen LogP contribution in [-0.2, 0) is 11.4 Å². The number of hydrogen-bond donors (Lipinski definition) is 0. The summed E-state index contributed by atoms with van der Waals surface area (Å²) < 4.78 is 13.1. The maximum Gasteiger partial charge on any atom is 0.270 e. The molecule has 1 saturated heterocycles. The molecule has 10 heteroatoms. The fourth-order valence-corrected chi connectivity index (χ4v) is 5.49. The van der Waals surface area contributed by atoms with Crippen molar-refractivity contribution in [1.29, 1.82) is 0 Å². The number of carbonyl (C=O) groups excluding carboxylic acids is 1. The van der Waals surface area contributed by atoms with E-state index < -0.39 is 4.92 Å². The van der Waals surface area contributed by atoms with Crippen LogP contribution in [0, 0.1) is 13.7 Å². The Kier molecular flexibility index (Phi) is 8.04. The first kappa shape index (κ1) is 25.1. The van der Waals surface area contributed by atoms with Gasteiger partial charge in [0.1, 0.15) is 6.61 Å². The van der Waals surface area contributed by atoms with Crippen molar-refractivity contribution in [3.05, 3.63) is 96.4 Å². The van der Waals surface area contributed by atoms with Crippen LogP contribution in [0.4, 0.5) is 11.4 Å². The maximum absolute atomic E-state index is 13.1. The van der Waals surface area contributed by atoms with Gasteiger partial charge in [-0.2, -0.15) is 0 Å². The van der Waals surface area contributed by atoms with Crippen LogP contribution < -0.4 is 14.4 Å². The first-order valence-electron chi connectivity index (χ1n) is 10.5. The predicted octanol–water partition coefficient (Wildman–Crippen LogP) is 6.58. The van der Waals surface area contributed by atoms with Gasteiger partial charge in [-0.15, -0.1) is 0 Å². The van der Waals surface area contributed by atoms with E-state index in [1.807, 2.05) is 49.4 Å². The van der Waals surface area contributed by atoms with Crippen molar-refractivity contribution in [2.75, 3.05) is 11.5 Å². The summed E-state index contributed by atoms with van der Waals surface area (Å²) in [5.41, 5.74) is 2.18. The molecule has 1 fully saturated rings. The number of non-ortho nitro benzene ring substituents is 1. The number of ether oxygens (including phenoxy) is 2. The lowest BCUT2D eigenvalue weighted by Gasteiger charge is -2.15. The van der Waals surface area contributed by atoms with Crippen LogP contribution in [0.2, 0.25) is 0 Å².